The molecule has 0 radical (unpaired) electrons. The third kappa shape index (κ3) is 3.13. The maximum atomic E-state index is 13.8. The number of hydrogen-bond donors (Lipinski definition) is 6. The first-order chi connectivity index (χ1) is 15.2. The summed E-state index contributed by atoms with van der Waals surface area (Å²) >= 11 is 0. The number of Topliss-reactive ketones (excluding diaryl/α,β-unsaturated/α-hetero) is 2. The Morgan fingerprint density at radius 1 is 1.12 bits per heavy atom. The summed E-state index contributed by atoms with van der Waals surface area (Å²) in [5.41, 5.74) is 1.56. The molecule has 0 aliphatic heterocycles. The van der Waals surface area contributed by atoms with Crippen molar-refractivity contribution in [2.45, 2.75) is 30.6 Å². The van der Waals surface area contributed by atoms with Crippen LogP contribution in [-0.4, -0.2) is 86.4 Å². The van der Waals surface area contributed by atoms with Crippen LogP contribution in [0.25, 0.3) is 5.76 Å². The van der Waals surface area contributed by atoms with Gasteiger partial charge in [-0.1, -0.05) is 19.1 Å². The van der Waals surface area contributed by atoms with Crippen LogP contribution in [0.5, 0.6) is 5.75 Å². The van der Waals surface area contributed by atoms with Crippen LogP contribution in [0.4, 0.5) is 0 Å². The van der Waals surface area contributed by atoms with Crippen molar-refractivity contribution in [3.8, 4) is 5.75 Å². The van der Waals surface area contributed by atoms with Crippen molar-refractivity contribution in [1.29, 1.82) is 0 Å². The van der Waals surface area contributed by atoms with Crippen molar-refractivity contribution in [3.05, 3.63) is 46.2 Å². The van der Waals surface area contributed by atoms with Gasteiger partial charge in [-0.2, -0.15) is 0 Å². The van der Waals surface area contributed by atoms with Gasteiger partial charge in [-0.15, -0.1) is 0 Å². The van der Waals surface area contributed by atoms with E-state index in [0.29, 0.717) is 5.56 Å². The Morgan fingerprint density at radius 2 is 1.71 bits per heavy atom. The Morgan fingerprint density at radius 3 is 2.24 bits per heavy atom. The van der Waals surface area contributed by atoms with Crippen LogP contribution in [0.15, 0.2) is 35.1 Å². The smallest absolute Gasteiger partial charge is 0.256 e. The number of rotatable bonds is 2. The number of phenolic OH excluding ortho intramolecular Hbond substituents is 1. The molecule has 0 aromatic heterocycles. The minimum absolute atomic E-state index is 0. The van der Waals surface area contributed by atoms with Crippen molar-refractivity contribution in [3.63, 3.8) is 0 Å². The van der Waals surface area contributed by atoms with Gasteiger partial charge in [0.1, 0.15) is 22.8 Å². The Balaban J connectivity index is 0.00000324. The van der Waals surface area contributed by atoms with E-state index in [2.05, 4.69) is 0 Å². The molecule has 4 rings (SSSR count). The van der Waals surface area contributed by atoms with E-state index in [4.69, 9.17) is 5.73 Å². The van der Waals surface area contributed by atoms with E-state index in [1.807, 2.05) is 0 Å². The molecule has 1 saturated carbocycles. The second kappa shape index (κ2) is 8.04. The summed E-state index contributed by atoms with van der Waals surface area (Å²) < 4.78 is -0.191. The fourth-order valence-electron chi connectivity index (χ4n) is 5.85. The molecule has 0 bridgehead atoms. The number of amides is 1. The average Bonchev–Trinajstić information content (AvgIpc) is 2.69. The van der Waals surface area contributed by atoms with Gasteiger partial charge in [0.2, 0.25) is 11.6 Å². The number of hydrogen-bond acceptors (Lipinski definition) is 8. The number of primary amides is 1. The first-order valence-corrected chi connectivity index (χ1v) is 10.5. The predicted molar refractivity (Wildman–Crippen MR) is 115 cm³/mol. The standard InChI is InChI=1S/C23H26N2O8.HI/c1-8-9-6-5-7-10(26)12(9)17(27)13-11(8)18(28)15-16(25(2,3)4)19(29)14(22(24)32)21(31)23(15,33)20(13)30;/h5-8,11,15-16,18,28,33H,1-4H3,(H4-,24,26,27,29,30,31,32);1H/t8-,11?,15?,16-,18+,23-;/m0./s1. The number of ketones is 2. The van der Waals surface area contributed by atoms with Crippen LogP contribution in [0, 0.1) is 11.8 Å². The van der Waals surface area contributed by atoms with Gasteiger partial charge < -0.3 is 59.7 Å². The molecule has 6 atom stereocenters. The summed E-state index contributed by atoms with van der Waals surface area (Å²) in [6.07, 6.45) is -1.58. The lowest BCUT2D eigenvalue weighted by atomic mass is 9.54. The normalized spacial score (nSPS) is 33.1. The van der Waals surface area contributed by atoms with Crippen LogP contribution in [0.2, 0.25) is 0 Å². The van der Waals surface area contributed by atoms with Crippen LogP contribution >= 0.6 is 0 Å². The first kappa shape index (κ1) is 26.1. The molecule has 2 unspecified atom stereocenters. The predicted octanol–water partition coefficient (Wildman–Crippen LogP) is -3.36. The third-order valence-corrected chi connectivity index (χ3v) is 7.27. The molecule has 1 fully saturated rings. The van der Waals surface area contributed by atoms with Crippen molar-refractivity contribution in [1.82, 2.24) is 0 Å². The number of aromatic hydroxyl groups is 1. The highest BCUT2D eigenvalue weighted by atomic mass is 127. The summed E-state index contributed by atoms with van der Waals surface area (Å²) in [7, 11) is 4.75. The molecule has 184 valence electrons. The molecule has 3 aliphatic carbocycles. The van der Waals surface area contributed by atoms with Gasteiger partial charge in [0.25, 0.3) is 5.91 Å². The van der Waals surface area contributed by atoms with Crippen LogP contribution in [-0.2, 0) is 14.4 Å². The molecule has 1 amide bonds. The van der Waals surface area contributed by atoms with Crippen molar-refractivity contribution in [2.24, 2.45) is 17.6 Å². The van der Waals surface area contributed by atoms with E-state index >= 15 is 0 Å². The number of halogens is 1. The number of phenols is 1. The number of nitrogens with zero attached hydrogens (tertiary/aromatic N) is 1. The van der Waals surface area contributed by atoms with Gasteiger partial charge in [-0.25, -0.2) is 0 Å². The lowest BCUT2D eigenvalue weighted by Crippen LogP contribution is -3.00. The maximum Gasteiger partial charge on any atom is 0.256 e. The molecule has 11 heteroatoms. The van der Waals surface area contributed by atoms with E-state index in [-0.39, 0.29) is 39.8 Å². The molecular formula is C23H27IN2O8. The van der Waals surface area contributed by atoms with E-state index < -0.39 is 75.6 Å². The van der Waals surface area contributed by atoms with Crippen molar-refractivity contribution >= 4 is 23.2 Å². The Labute approximate surface area is 212 Å². The molecule has 10 nitrogen and oxygen atoms in total. The van der Waals surface area contributed by atoms with Gasteiger partial charge in [-0.3, -0.25) is 14.4 Å². The van der Waals surface area contributed by atoms with E-state index in [1.54, 1.807) is 40.2 Å². The molecular weight excluding hydrogens is 559 g/mol. The summed E-state index contributed by atoms with van der Waals surface area (Å²) in [6.45, 7) is 1.69. The number of aliphatic hydroxyl groups is 4. The summed E-state index contributed by atoms with van der Waals surface area (Å²) in [5, 5.41) is 55.3. The van der Waals surface area contributed by atoms with Crippen LogP contribution in [0.1, 0.15) is 24.0 Å². The summed E-state index contributed by atoms with van der Waals surface area (Å²) in [6, 6.07) is 3.20. The topological polar surface area (TPSA) is 178 Å². The van der Waals surface area contributed by atoms with Gasteiger partial charge in [0.05, 0.1) is 38.7 Å². The molecule has 7 N–H and O–H groups in total. The van der Waals surface area contributed by atoms with Crippen molar-refractivity contribution < 1.29 is 68.4 Å². The van der Waals surface area contributed by atoms with E-state index in [1.165, 1.54) is 6.07 Å². The number of carbonyl (C=O) groups is 3. The molecule has 0 heterocycles. The average molecular weight is 586 g/mol. The number of aliphatic hydroxyl groups excluding tert-OH is 3. The third-order valence-electron chi connectivity index (χ3n) is 7.27. The van der Waals surface area contributed by atoms with Crippen LogP contribution < -0.4 is 29.7 Å². The van der Waals surface area contributed by atoms with Crippen molar-refractivity contribution in [2.75, 3.05) is 21.1 Å². The number of carbonyl (C=O) groups excluding carboxylic acids is 3. The van der Waals surface area contributed by atoms with E-state index in [9.17, 15) is 39.9 Å². The molecule has 1 aromatic rings. The largest absolute Gasteiger partial charge is 1.00 e. The molecule has 3 aliphatic rings. The zero-order valence-electron chi connectivity index (χ0n) is 19.0. The van der Waals surface area contributed by atoms with E-state index in [0.717, 1.165) is 0 Å². The number of nitrogens with two attached hydrogens (primary N) is 1. The van der Waals surface area contributed by atoms with Gasteiger partial charge in [-0.05, 0) is 17.5 Å². The SMILES string of the molecule is C[C@H]1c2cccc(O)c2C(O)=C2C(=O)[C@]3(O)C(O)=C(C(N)=O)C(=O)[C@@H]([N+](C)(C)C)C3[C@H](O)C21.[I-]. The molecule has 0 spiro atoms. The van der Waals surface area contributed by atoms with Gasteiger partial charge in [0.15, 0.2) is 11.6 Å². The quantitative estimate of drug-likeness (QED) is 0.118. The maximum absolute atomic E-state index is 13.8. The highest BCUT2D eigenvalue weighted by Crippen LogP contribution is 2.56. The Bertz CT molecular complexity index is 1180. The highest BCUT2D eigenvalue weighted by Gasteiger charge is 2.70. The monoisotopic (exact) mass is 586 g/mol. The Kier molecular flexibility index (Phi) is 6.18. The number of benzene rings is 1. The Hall–Kier alpha value is -2.48. The number of likely N-dealkylation sites (N-methyl/N-ethyl adjacent to an activating group) is 1. The number of quaternary nitrogens is 1. The molecule has 0 saturated heterocycles. The molecule has 1 aromatic carbocycles. The second-order valence-electron chi connectivity index (χ2n) is 9.94. The minimum Gasteiger partial charge on any atom is -1.00 e. The minimum atomic E-state index is -2.89. The first-order valence-electron chi connectivity index (χ1n) is 10.5. The fraction of sp³-hybridized carbons (Fsp3) is 0.435. The van der Waals surface area contributed by atoms with Crippen LogP contribution in [0.3, 0.4) is 0 Å². The summed E-state index contributed by atoms with van der Waals surface area (Å²) in [4.78, 5) is 39.1. The lowest BCUT2D eigenvalue weighted by molar-refractivity contribution is -0.891. The molecule has 34 heavy (non-hydrogen) atoms. The lowest BCUT2D eigenvalue weighted by Gasteiger charge is -2.54. The zero-order chi connectivity index (χ0) is 24.8. The number of fused-ring (bicyclic) bond motifs is 3. The van der Waals surface area contributed by atoms with Gasteiger partial charge >= 0.3 is 0 Å². The summed E-state index contributed by atoms with van der Waals surface area (Å²) in [5.74, 6) is -8.78. The highest BCUT2D eigenvalue weighted by molar-refractivity contribution is 6.24. The fourth-order valence-corrected chi connectivity index (χ4v) is 5.85. The van der Waals surface area contributed by atoms with Gasteiger partial charge in [0, 0.05) is 11.5 Å². The zero-order valence-corrected chi connectivity index (χ0v) is 21.1. The second-order valence-corrected chi connectivity index (χ2v) is 9.94.